The lowest BCUT2D eigenvalue weighted by atomic mass is 10.0. The Morgan fingerprint density at radius 1 is 0.884 bits per heavy atom. The molecule has 0 saturated heterocycles. The third kappa shape index (κ3) is 16.2. The van der Waals surface area contributed by atoms with Crippen molar-refractivity contribution < 1.29 is 36.6 Å². The van der Waals surface area contributed by atoms with Crippen LogP contribution in [0.25, 0.3) is 11.2 Å². The van der Waals surface area contributed by atoms with E-state index in [0.29, 0.717) is 37.2 Å². The average molecular weight is 639 g/mol. The number of hydrogen-bond donors (Lipinski definition) is 3. The summed E-state index contributed by atoms with van der Waals surface area (Å²) in [7, 11) is -4.19. The van der Waals surface area contributed by atoms with Gasteiger partial charge in [0.25, 0.3) is 0 Å². The van der Waals surface area contributed by atoms with Crippen molar-refractivity contribution in [2.45, 2.75) is 128 Å². The fourth-order valence-electron chi connectivity index (χ4n) is 4.67. The lowest BCUT2D eigenvalue weighted by Crippen LogP contribution is -2.31. The second kappa shape index (κ2) is 20.2. The summed E-state index contributed by atoms with van der Waals surface area (Å²) in [5.41, 5.74) is 12.6. The van der Waals surface area contributed by atoms with Crippen LogP contribution in [-0.4, -0.2) is 62.5 Å². The van der Waals surface area contributed by atoms with Gasteiger partial charge in [-0.2, -0.15) is 13.2 Å². The van der Waals surface area contributed by atoms with Crippen molar-refractivity contribution in [3.8, 4) is 0 Å². The number of aromatic nitrogens is 4. The lowest BCUT2D eigenvalue weighted by Gasteiger charge is -2.23. The van der Waals surface area contributed by atoms with Crippen molar-refractivity contribution in [3.05, 3.63) is 12.7 Å². The second-order valence-corrected chi connectivity index (χ2v) is 12.9. The molecule has 2 heterocycles. The summed E-state index contributed by atoms with van der Waals surface area (Å²) in [6.07, 6.45) is 11.3. The molecule has 0 spiro atoms. The second-order valence-electron chi connectivity index (χ2n) is 11.0. The molecule has 0 fully saturated rings. The van der Waals surface area contributed by atoms with Crippen LogP contribution in [0.15, 0.2) is 12.7 Å². The van der Waals surface area contributed by atoms with Crippen molar-refractivity contribution in [2.24, 2.45) is 5.73 Å². The van der Waals surface area contributed by atoms with E-state index in [1.54, 1.807) is 17.8 Å². The molecule has 3 atom stereocenters. The van der Waals surface area contributed by atoms with Gasteiger partial charge in [-0.3, -0.25) is 10.3 Å². The molecule has 248 valence electrons. The zero-order valence-electron chi connectivity index (χ0n) is 25.3. The number of anilines is 1. The highest BCUT2D eigenvalue weighted by Crippen LogP contribution is 2.46. The molecule has 0 aliphatic rings. The molecule has 0 aliphatic carbocycles. The minimum atomic E-state index is -4.19. The topological polar surface area (TPSA) is 161 Å². The van der Waals surface area contributed by atoms with Gasteiger partial charge in [0, 0.05) is 19.6 Å². The van der Waals surface area contributed by atoms with E-state index in [0.717, 1.165) is 44.9 Å². The van der Waals surface area contributed by atoms with E-state index in [-0.39, 0.29) is 25.4 Å². The first-order valence-corrected chi connectivity index (χ1v) is 17.1. The summed E-state index contributed by atoms with van der Waals surface area (Å²) >= 11 is 0. The fraction of sp³-hybridized carbons (Fsp3) is 0.821. The molecule has 15 heteroatoms. The number of hydrogen-bond acceptors (Lipinski definition) is 9. The van der Waals surface area contributed by atoms with Crippen molar-refractivity contribution in [2.75, 3.05) is 25.6 Å². The highest BCUT2D eigenvalue weighted by Gasteiger charge is 2.32. The number of halogens is 3. The first-order chi connectivity index (χ1) is 20.5. The number of alkyl halides is 3. The van der Waals surface area contributed by atoms with Crippen LogP contribution in [0.2, 0.25) is 0 Å². The van der Waals surface area contributed by atoms with Gasteiger partial charge in [0.15, 0.2) is 11.5 Å². The van der Waals surface area contributed by atoms with E-state index < -0.39 is 32.3 Å². The summed E-state index contributed by atoms with van der Waals surface area (Å²) in [4.78, 5) is 22.4. The third-order valence-corrected chi connectivity index (χ3v) is 8.35. The first kappa shape index (κ1) is 37.4. The normalized spacial score (nSPS) is 15.1. The maximum Gasteiger partial charge on any atom is 0.389 e. The van der Waals surface area contributed by atoms with Crippen molar-refractivity contribution in [1.29, 1.82) is 0 Å². The summed E-state index contributed by atoms with van der Waals surface area (Å²) in [5, 5.41) is 0. The number of nitrogens with zero attached hydrogens (tertiary/aromatic N) is 4. The molecule has 0 bridgehead atoms. The minimum Gasteiger partial charge on any atom is -0.382 e. The van der Waals surface area contributed by atoms with Crippen LogP contribution in [0, 0.1) is 0 Å². The average Bonchev–Trinajstić information content (AvgIpc) is 3.35. The van der Waals surface area contributed by atoms with Gasteiger partial charge >= 0.3 is 13.8 Å². The SMILES string of the molecule is C[C@H](Cn1cnc2c(N)ncnc21)OC(N)P(=O)(O)OCCCOCCCCCCCCCCCCCCCC(F)(F)F. The molecular weight excluding hydrogens is 588 g/mol. The maximum atomic E-state index is 12.5. The summed E-state index contributed by atoms with van der Waals surface area (Å²) in [5.74, 6) is -1.23. The Balaban J connectivity index is 1.39. The van der Waals surface area contributed by atoms with E-state index in [1.807, 2.05) is 0 Å². The molecule has 2 aromatic rings. The molecule has 0 saturated carbocycles. The Hall–Kier alpha value is -1.83. The van der Waals surface area contributed by atoms with Gasteiger partial charge in [-0.05, 0) is 26.2 Å². The van der Waals surface area contributed by atoms with Crippen LogP contribution < -0.4 is 11.5 Å². The van der Waals surface area contributed by atoms with Crippen LogP contribution in [0.4, 0.5) is 19.0 Å². The predicted octanol–water partition coefficient (Wildman–Crippen LogP) is 6.69. The van der Waals surface area contributed by atoms with Crippen LogP contribution in [0.3, 0.4) is 0 Å². The molecule has 0 radical (unpaired) electrons. The van der Waals surface area contributed by atoms with Crippen LogP contribution in [0.1, 0.15) is 103 Å². The van der Waals surface area contributed by atoms with Crippen molar-refractivity contribution >= 4 is 24.6 Å². The molecule has 5 N–H and O–H groups in total. The Morgan fingerprint density at radius 3 is 2.05 bits per heavy atom. The van der Waals surface area contributed by atoms with E-state index >= 15 is 0 Å². The van der Waals surface area contributed by atoms with Gasteiger partial charge in [0.2, 0.25) is 5.97 Å². The van der Waals surface area contributed by atoms with Gasteiger partial charge in [0.1, 0.15) is 11.8 Å². The molecule has 2 unspecified atom stereocenters. The number of unbranched alkanes of at least 4 members (excludes halogenated alkanes) is 12. The smallest absolute Gasteiger partial charge is 0.382 e. The largest absolute Gasteiger partial charge is 0.389 e. The molecule has 2 rings (SSSR count). The quantitative estimate of drug-likeness (QED) is 0.0607. The van der Waals surface area contributed by atoms with E-state index in [2.05, 4.69) is 15.0 Å². The van der Waals surface area contributed by atoms with Crippen LogP contribution >= 0.6 is 7.60 Å². The molecule has 2 aromatic heterocycles. The first-order valence-electron chi connectivity index (χ1n) is 15.4. The van der Waals surface area contributed by atoms with E-state index in [4.69, 9.17) is 25.5 Å². The summed E-state index contributed by atoms with van der Waals surface area (Å²) < 4.78 is 66.7. The Bertz CT molecular complexity index is 1080. The minimum absolute atomic E-state index is 0.0274. The fourth-order valence-corrected chi connectivity index (χ4v) is 5.57. The number of nitrogen functional groups attached to an aromatic ring is 1. The summed E-state index contributed by atoms with van der Waals surface area (Å²) in [6.45, 7) is 3.09. The number of rotatable bonds is 25. The molecule has 0 aromatic carbocycles. The van der Waals surface area contributed by atoms with Crippen LogP contribution in [0.5, 0.6) is 0 Å². The number of imidazole rings is 1. The lowest BCUT2D eigenvalue weighted by molar-refractivity contribution is -0.135. The van der Waals surface area contributed by atoms with Gasteiger partial charge in [-0.15, -0.1) is 0 Å². The summed E-state index contributed by atoms with van der Waals surface area (Å²) in [6, 6.07) is 0. The Kier molecular flexibility index (Phi) is 17.6. The highest BCUT2D eigenvalue weighted by atomic mass is 31.2. The number of nitrogens with two attached hydrogens (primary N) is 2. The van der Waals surface area contributed by atoms with Crippen molar-refractivity contribution in [1.82, 2.24) is 19.5 Å². The van der Waals surface area contributed by atoms with E-state index in [1.165, 1.54) is 32.0 Å². The van der Waals surface area contributed by atoms with Crippen LogP contribution in [-0.2, 0) is 25.1 Å². The highest BCUT2D eigenvalue weighted by molar-refractivity contribution is 7.53. The third-order valence-electron chi connectivity index (χ3n) is 7.03. The molecule has 43 heavy (non-hydrogen) atoms. The maximum absolute atomic E-state index is 12.5. The van der Waals surface area contributed by atoms with Crippen molar-refractivity contribution in [3.63, 3.8) is 0 Å². The zero-order chi connectivity index (χ0) is 31.6. The Labute approximate surface area is 252 Å². The molecule has 11 nitrogen and oxygen atoms in total. The zero-order valence-corrected chi connectivity index (χ0v) is 26.2. The predicted molar refractivity (Wildman–Crippen MR) is 160 cm³/mol. The number of fused-ring (bicyclic) bond motifs is 1. The van der Waals surface area contributed by atoms with Gasteiger partial charge in [0.05, 0.1) is 25.6 Å². The van der Waals surface area contributed by atoms with E-state index in [9.17, 15) is 22.6 Å². The number of ether oxygens (including phenoxy) is 2. The van der Waals surface area contributed by atoms with Gasteiger partial charge in [-0.1, -0.05) is 70.6 Å². The standard InChI is InChI=1S/C28H50F3N6O5P/c1-23(20-37-22-36-24-25(32)34-21-35-26(24)37)42-27(33)43(38,39)41-19-15-18-40-17-14-12-10-8-6-4-2-3-5-7-9-11-13-16-28(29,30)31/h21-23,27H,2-20,33H2,1H3,(H,38,39)(H2,32,34,35)/t23-,27?/m1/s1. The molecular formula is C28H50F3N6O5P. The van der Waals surface area contributed by atoms with Gasteiger partial charge < -0.3 is 29.2 Å². The van der Waals surface area contributed by atoms with Gasteiger partial charge in [-0.25, -0.2) is 15.0 Å². The monoisotopic (exact) mass is 638 g/mol. The molecule has 0 amide bonds. The Morgan fingerprint density at radius 2 is 1.44 bits per heavy atom. The molecule has 0 aliphatic heterocycles.